The maximum Gasteiger partial charge on any atom is 0.220 e. The molecule has 70 valence electrons. The average molecular weight is 170 g/mol. The zero-order chi connectivity index (χ0) is 8.97. The van der Waals surface area contributed by atoms with Crippen LogP contribution in [0.2, 0.25) is 0 Å². The van der Waals surface area contributed by atoms with Gasteiger partial charge >= 0.3 is 0 Å². The summed E-state index contributed by atoms with van der Waals surface area (Å²) in [4.78, 5) is 15.0. The minimum absolute atomic E-state index is 0.153. The zero-order valence-corrected chi connectivity index (χ0v) is 8.05. The van der Waals surface area contributed by atoms with Gasteiger partial charge in [-0.2, -0.15) is 0 Å². The lowest BCUT2D eigenvalue weighted by Crippen LogP contribution is -2.40. The molecule has 3 heteroatoms. The van der Waals surface area contributed by atoms with Crippen LogP contribution in [-0.4, -0.2) is 42.5 Å². The molecule has 1 rings (SSSR count). The Morgan fingerprint density at radius 3 is 2.42 bits per heavy atom. The number of nitrogens with zero attached hydrogens (tertiary/aromatic N) is 2. The minimum atomic E-state index is 0.153. The molecule has 1 fully saturated rings. The van der Waals surface area contributed by atoms with Gasteiger partial charge in [-0.05, 0) is 25.9 Å². The second-order valence-corrected chi connectivity index (χ2v) is 3.54. The summed E-state index contributed by atoms with van der Waals surface area (Å²) in [5.74, 6) is 0.153. The minimum Gasteiger partial charge on any atom is -0.333 e. The van der Waals surface area contributed by atoms with E-state index in [1.54, 1.807) is 11.8 Å². The molecule has 0 aromatic rings. The molecule has 3 nitrogen and oxygen atoms in total. The van der Waals surface area contributed by atoms with Gasteiger partial charge in [-0.1, -0.05) is 6.42 Å². The van der Waals surface area contributed by atoms with E-state index in [1.165, 1.54) is 19.3 Å². The van der Waals surface area contributed by atoms with Crippen molar-refractivity contribution >= 4 is 5.91 Å². The summed E-state index contributed by atoms with van der Waals surface area (Å²) in [6, 6.07) is 0. The van der Waals surface area contributed by atoms with Gasteiger partial charge in [-0.3, -0.25) is 9.69 Å². The lowest BCUT2D eigenvalue weighted by molar-refractivity contribution is -0.129. The SMILES string of the molecule is CC(=O)N(C)CN1CCCCC1. The van der Waals surface area contributed by atoms with Gasteiger partial charge in [-0.25, -0.2) is 0 Å². The first kappa shape index (κ1) is 9.52. The van der Waals surface area contributed by atoms with Crippen molar-refractivity contribution in [2.45, 2.75) is 26.2 Å². The third-order valence-electron chi connectivity index (χ3n) is 2.40. The highest BCUT2D eigenvalue weighted by molar-refractivity contribution is 5.72. The van der Waals surface area contributed by atoms with Crippen LogP contribution in [0.5, 0.6) is 0 Å². The lowest BCUT2D eigenvalue weighted by atomic mass is 10.1. The molecule has 1 saturated heterocycles. The van der Waals surface area contributed by atoms with Gasteiger partial charge in [0.2, 0.25) is 5.91 Å². The van der Waals surface area contributed by atoms with Crippen molar-refractivity contribution < 1.29 is 4.79 Å². The largest absolute Gasteiger partial charge is 0.333 e. The first-order valence-electron chi connectivity index (χ1n) is 4.64. The normalized spacial score (nSPS) is 19.2. The van der Waals surface area contributed by atoms with Crippen molar-refractivity contribution in [3.63, 3.8) is 0 Å². The molecule has 0 aromatic heterocycles. The monoisotopic (exact) mass is 170 g/mol. The van der Waals surface area contributed by atoms with Gasteiger partial charge in [0.15, 0.2) is 0 Å². The summed E-state index contributed by atoms with van der Waals surface area (Å²) >= 11 is 0. The molecule has 0 aromatic carbocycles. The van der Waals surface area contributed by atoms with Crippen LogP contribution in [0, 0.1) is 0 Å². The number of hydrogen-bond donors (Lipinski definition) is 0. The lowest BCUT2D eigenvalue weighted by Gasteiger charge is -2.30. The molecule has 0 N–H and O–H groups in total. The number of piperidine rings is 1. The Bertz CT molecular complexity index is 153. The van der Waals surface area contributed by atoms with E-state index in [-0.39, 0.29) is 5.91 Å². The van der Waals surface area contributed by atoms with Gasteiger partial charge < -0.3 is 4.90 Å². The van der Waals surface area contributed by atoms with Crippen molar-refractivity contribution in [3.8, 4) is 0 Å². The summed E-state index contributed by atoms with van der Waals surface area (Å²) in [7, 11) is 1.86. The van der Waals surface area contributed by atoms with Crippen LogP contribution >= 0.6 is 0 Å². The topological polar surface area (TPSA) is 23.6 Å². The Hall–Kier alpha value is -0.570. The van der Waals surface area contributed by atoms with Crippen LogP contribution in [0.3, 0.4) is 0 Å². The van der Waals surface area contributed by atoms with Crippen molar-refractivity contribution in [1.29, 1.82) is 0 Å². The van der Waals surface area contributed by atoms with Crippen LogP contribution in [0.25, 0.3) is 0 Å². The quantitative estimate of drug-likeness (QED) is 0.615. The fourth-order valence-corrected chi connectivity index (χ4v) is 1.50. The van der Waals surface area contributed by atoms with Gasteiger partial charge in [0.05, 0.1) is 6.67 Å². The second kappa shape index (κ2) is 4.45. The van der Waals surface area contributed by atoms with Crippen LogP contribution < -0.4 is 0 Å². The van der Waals surface area contributed by atoms with E-state index < -0.39 is 0 Å². The number of carbonyl (C=O) groups is 1. The first-order chi connectivity index (χ1) is 5.70. The van der Waals surface area contributed by atoms with E-state index in [2.05, 4.69) is 4.90 Å². The van der Waals surface area contributed by atoms with Gasteiger partial charge in [0, 0.05) is 14.0 Å². The Morgan fingerprint density at radius 1 is 1.33 bits per heavy atom. The van der Waals surface area contributed by atoms with Crippen molar-refractivity contribution in [2.24, 2.45) is 0 Å². The van der Waals surface area contributed by atoms with E-state index in [0.717, 1.165) is 19.8 Å². The average Bonchev–Trinajstić information content (AvgIpc) is 2.06. The molecule has 0 saturated carbocycles. The molecule has 0 unspecified atom stereocenters. The van der Waals surface area contributed by atoms with Crippen LogP contribution in [-0.2, 0) is 4.79 Å². The molecular formula is C9H18N2O. The number of rotatable bonds is 2. The van der Waals surface area contributed by atoms with E-state index >= 15 is 0 Å². The summed E-state index contributed by atoms with van der Waals surface area (Å²) in [6.07, 6.45) is 3.91. The standard InChI is InChI=1S/C9H18N2O/c1-9(12)10(2)8-11-6-4-3-5-7-11/h3-8H2,1-2H3. The Morgan fingerprint density at radius 2 is 1.92 bits per heavy atom. The first-order valence-corrected chi connectivity index (χ1v) is 4.64. The molecule has 1 heterocycles. The molecular weight excluding hydrogens is 152 g/mol. The van der Waals surface area contributed by atoms with E-state index in [0.29, 0.717) is 0 Å². The van der Waals surface area contributed by atoms with E-state index in [9.17, 15) is 4.79 Å². The van der Waals surface area contributed by atoms with Crippen LogP contribution in [0.15, 0.2) is 0 Å². The highest BCUT2D eigenvalue weighted by atomic mass is 16.2. The number of carbonyl (C=O) groups excluding carboxylic acids is 1. The summed E-state index contributed by atoms with van der Waals surface area (Å²) in [5.41, 5.74) is 0. The fraction of sp³-hybridized carbons (Fsp3) is 0.889. The summed E-state index contributed by atoms with van der Waals surface area (Å²) < 4.78 is 0. The Labute approximate surface area is 74.3 Å². The molecule has 1 aliphatic rings. The third-order valence-corrected chi connectivity index (χ3v) is 2.40. The van der Waals surface area contributed by atoms with Crippen molar-refractivity contribution in [1.82, 2.24) is 9.80 Å². The smallest absolute Gasteiger partial charge is 0.220 e. The van der Waals surface area contributed by atoms with E-state index in [1.807, 2.05) is 7.05 Å². The fourth-order valence-electron chi connectivity index (χ4n) is 1.50. The number of likely N-dealkylation sites (tertiary alicyclic amines) is 1. The maximum absolute atomic E-state index is 10.9. The molecule has 0 aliphatic carbocycles. The maximum atomic E-state index is 10.9. The molecule has 12 heavy (non-hydrogen) atoms. The number of amides is 1. The van der Waals surface area contributed by atoms with Crippen molar-refractivity contribution in [2.75, 3.05) is 26.8 Å². The Kier molecular flexibility index (Phi) is 3.53. The predicted octanol–water partition coefficient (Wildman–Crippen LogP) is 0.908. The second-order valence-electron chi connectivity index (χ2n) is 3.54. The molecule has 0 atom stereocenters. The summed E-state index contributed by atoms with van der Waals surface area (Å²) in [6.45, 7) is 4.72. The van der Waals surface area contributed by atoms with Crippen molar-refractivity contribution in [3.05, 3.63) is 0 Å². The molecule has 1 amide bonds. The van der Waals surface area contributed by atoms with Gasteiger partial charge in [0.25, 0.3) is 0 Å². The number of hydrogen-bond acceptors (Lipinski definition) is 2. The Balaban J connectivity index is 2.24. The van der Waals surface area contributed by atoms with Gasteiger partial charge in [0.1, 0.15) is 0 Å². The van der Waals surface area contributed by atoms with Crippen LogP contribution in [0.1, 0.15) is 26.2 Å². The van der Waals surface area contributed by atoms with E-state index in [4.69, 9.17) is 0 Å². The molecule has 0 bridgehead atoms. The predicted molar refractivity (Wildman–Crippen MR) is 48.7 cm³/mol. The molecule has 1 aliphatic heterocycles. The van der Waals surface area contributed by atoms with Crippen LogP contribution in [0.4, 0.5) is 0 Å². The summed E-state index contributed by atoms with van der Waals surface area (Å²) in [5, 5.41) is 0. The van der Waals surface area contributed by atoms with Gasteiger partial charge in [-0.15, -0.1) is 0 Å². The molecule has 0 spiro atoms. The zero-order valence-electron chi connectivity index (χ0n) is 8.05. The molecule has 0 radical (unpaired) electrons. The highest BCUT2D eigenvalue weighted by Crippen LogP contribution is 2.08. The highest BCUT2D eigenvalue weighted by Gasteiger charge is 2.12. The third kappa shape index (κ3) is 2.81.